The third kappa shape index (κ3) is 13.0. The van der Waals surface area contributed by atoms with Crippen molar-refractivity contribution in [3.05, 3.63) is 0 Å². The van der Waals surface area contributed by atoms with E-state index in [1.54, 1.807) is 26.2 Å². The molecule has 0 aliphatic heterocycles. The molecule has 0 unspecified atom stereocenters. The average Bonchev–Trinajstić information content (AvgIpc) is 2.95. The predicted octanol–water partition coefficient (Wildman–Crippen LogP) is 1.31. The first-order valence-electron chi connectivity index (χ1n) is 10.8. The summed E-state index contributed by atoms with van der Waals surface area (Å²) in [5, 5.41) is 0. The number of hydrogen-bond acceptors (Lipinski definition) is 18. The summed E-state index contributed by atoms with van der Waals surface area (Å²) in [5.74, 6) is 0. The minimum Gasteiger partial charge on any atom is -0.376 e. The van der Waals surface area contributed by atoms with Gasteiger partial charge in [0.25, 0.3) is 0 Å². The molecule has 230 valence electrons. The van der Waals surface area contributed by atoms with E-state index in [4.69, 9.17) is 81.2 Å². The van der Waals surface area contributed by atoms with Crippen molar-refractivity contribution in [3.8, 4) is 0 Å². The Bertz CT molecular complexity index is 551. The van der Waals surface area contributed by atoms with Gasteiger partial charge in [-0.3, -0.25) is 0 Å². The molecule has 0 aliphatic carbocycles. The van der Waals surface area contributed by atoms with Gasteiger partial charge in [0.15, 0.2) is 0 Å². The van der Waals surface area contributed by atoms with Crippen molar-refractivity contribution < 1.29 is 81.2 Å². The highest BCUT2D eigenvalue weighted by Gasteiger charge is 2.54. The number of rotatable bonds is 23. The fraction of sp³-hybridized carbons (Fsp3) is 1.00. The maximum Gasteiger partial charge on any atom is 0.578 e. The van der Waals surface area contributed by atoms with Crippen LogP contribution in [0.2, 0.25) is 39.3 Å². The quantitative estimate of drug-likeness (QED) is 0.0869. The SMILES string of the molecule is CO[Si](C)(OC)OO[Si](C)(OO[Si](C)(OC)OC)OO[Si](C)(OO[Si](C)(OC)OC)OO[Si](C)(OC)OC. The summed E-state index contributed by atoms with van der Waals surface area (Å²) in [5.41, 5.74) is 0. The second-order valence-electron chi connectivity index (χ2n) is 7.64. The smallest absolute Gasteiger partial charge is 0.376 e. The van der Waals surface area contributed by atoms with Crippen LogP contribution in [0.3, 0.4) is 0 Å². The lowest BCUT2D eigenvalue weighted by molar-refractivity contribution is -0.344. The maximum atomic E-state index is 5.51. The van der Waals surface area contributed by atoms with Gasteiger partial charge >= 0.3 is 52.8 Å². The van der Waals surface area contributed by atoms with Crippen LogP contribution in [0.15, 0.2) is 0 Å². The van der Waals surface area contributed by atoms with Crippen LogP contribution in [0.5, 0.6) is 0 Å². The zero-order valence-corrected chi connectivity index (χ0v) is 30.3. The van der Waals surface area contributed by atoms with Gasteiger partial charge in [-0.2, -0.15) is 0 Å². The molecule has 0 N–H and O–H groups in total. The summed E-state index contributed by atoms with van der Waals surface area (Å²) in [4.78, 5) is 0. The monoisotopic (exact) mass is 666 g/mol. The van der Waals surface area contributed by atoms with Crippen molar-refractivity contribution in [2.24, 2.45) is 0 Å². The molecule has 0 atom stereocenters. The molecule has 0 aromatic heterocycles. The van der Waals surface area contributed by atoms with Crippen molar-refractivity contribution in [3.63, 3.8) is 0 Å². The maximum absolute atomic E-state index is 5.51. The normalized spacial score (nSPS) is 14.4. The standard InChI is InChI=1S/C14H42O18Si6/c1-15-33(9,16-2)23-27-37(13,28-24-34(10,17-3)18-4)31-32-38(14,29-25-35(11,19-5)20-6)30-26-36(12,21-7)22-8/h1-14H3. The summed E-state index contributed by atoms with van der Waals surface area (Å²) in [6, 6.07) is 0. The van der Waals surface area contributed by atoms with E-state index in [1.807, 2.05) is 0 Å². The molecule has 0 aromatic rings. The van der Waals surface area contributed by atoms with Crippen LogP contribution in [0.25, 0.3) is 0 Å². The lowest BCUT2D eigenvalue weighted by Crippen LogP contribution is -2.56. The van der Waals surface area contributed by atoms with Crippen LogP contribution < -0.4 is 0 Å². The van der Waals surface area contributed by atoms with Crippen molar-refractivity contribution in [2.75, 3.05) is 56.9 Å². The minimum atomic E-state index is -4.08. The van der Waals surface area contributed by atoms with Gasteiger partial charge in [0.2, 0.25) is 0 Å². The van der Waals surface area contributed by atoms with Crippen molar-refractivity contribution in [1.82, 2.24) is 0 Å². The van der Waals surface area contributed by atoms with Gasteiger partial charge in [-0.15, -0.1) is 0 Å². The summed E-state index contributed by atoms with van der Waals surface area (Å²) < 4.78 is 96.3. The van der Waals surface area contributed by atoms with Gasteiger partial charge < -0.3 is 35.4 Å². The molecule has 24 heteroatoms. The first-order valence-corrected chi connectivity index (χ1v) is 24.1. The van der Waals surface area contributed by atoms with Crippen molar-refractivity contribution >= 4 is 52.8 Å². The highest BCUT2D eigenvalue weighted by molar-refractivity contribution is 6.65. The van der Waals surface area contributed by atoms with Crippen LogP contribution in [0.4, 0.5) is 0 Å². The van der Waals surface area contributed by atoms with Crippen LogP contribution >= 0.6 is 0 Å². The third-order valence-electron chi connectivity index (χ3n) is 4.69. The van der Waals surface area contributed by atoms with E-state index in [9.17, 15) is 0 Å². The van der Waals surface area contributed by atoms with Crippen LogP contribution in [-0.2, 0) is 81.2 Å². The van der Waals surface area contributed by atoms with Crippen LogP contribution in [-0.4, -0.2) is 110 Å². The largest absolute Gasteiger partial charge is 0.578 e. The van der Waals surface area contributed by atoms with E-state index >= 15 is 0 Å². The van der Waals surface area contributed by atoms with E-state index < -0.39 is 52.8 Å². The average molecular weight is 667 g/mol. The topological polar surface area (TPSA) is 166 Å². The van der Waals surface area contributed by atoms with E-state index in [2.05, 4.69) is 0 Å². The first kappa shape index (κ1) is 38.6. The highest BCUT2D eigenvalue weighted by Crippen LogP contribution is 2.24. The second kappa shape index (κ2) is 16.9. The summed E-state index contributed by atoms with van der Waals surface area (Å²) in [6.07, 6.45) is 0. The number of hydrogen-bond donors (Lipinski definition) is 0. The lowest BCUT2D eigenvalue weighted by Gasteiger charge is -2.33. The summed E-state index contributed by atoms with van der Waals surface area (Å²) in [7, 11) is -10.1. The Labute approximate surface area is 230 Å². The zero-order valence-electron chi connectivity index (χ0n) is 24.3. The molecule has 0 saturated heterocycles. The molecule has 0 saturated carbocycles. The molecule has 0 amide bonds. The van der Waals surface area contributed by atoms with Gasteiger partial charge in [-0.05, 0) is 0 Å². The summed E-state index contributed by atoms with van der Waals surface area (Å²) >= 11 is 0. The van der Waals surface area contributed by atoms with E-state index in [0.717, 1.165) is 0 Å². The molecule has 38 heavy (non-hydrogen) atoms. The molecule has 0 bridgehead atoms. The predicted molar refractivity (Wildman–Crippen MR) is 137 cm³/mol. The Kier molecular flexibility index (Phi) is 17.1. The first-order chi connectivity index (χ1) is 17.5. The Morgan fingerprint density at radius 2 is 0.316 bits per heavy atom. The highest BCUT2D eigenvalue weighted by atomic mass is 28.4. The molecule has 18 nitrogen and oxygen atoms in total. The van der Waals surface area contributed by atoms with E-state index in [-0.39, 0.29) is 0 Å². The molecule has 0 radical (unpaired) electrons. The Hall–Kier alpha value is 0.581. The minimum absolute atomic E-state index is 1.36. The fourth-order valence-corrected chi connectivity index (χ4v) is 8.88. The second-order valence-corrected chi connectivity index (χ2v) is 22.9. The van der Waals surface area contributed by atoms with E-state index in [1.165, 1.54) is 70.0 Å². The lowest BCUT2D eigenvalue weighted by atomic mass is 11.8. The van der Waals surface area contributed by atoms with Gasteiger partial charge in [-0.25, -0.2) is 45.8 Å². The summed E-state index contributed by atoms with van der Waals surface area (Å²) in [6.45, 7) is 8.94. The molecular formula is C14H42O18Si6. The van der Waals surface area contributed by atoms with Gasteiger partial charge in [0, 0.05) is 96.2 Å². The Balaban J connectivity index is 5.94. The zero-order chi connectivity index (χ0) is 29.7. The molecule has 0 heterocycles. The van der Waals surface area contributed by atoms with Gasteiger partial charge in [-0.1, -0.05) is 0 Å². The third-order valence-corrected chi connectivity index (χ3v) is 15.3. The molecule has 0 fully saturated rings. The van der Waals surface area contributed by atoms with Gasteiger partial charge in [0.1, 0.15) is 0 Å². The van der Waals surface area contributed by atoms with Crippen LogP contribution in [0.1, 0.15) is 0 Å². The molecular weight excluding hydrogens is 625 g/mol. The van der Waals surface area contributed by atoms with Crippen molar-refractivity contribution in [1.29, 1.82) is 0 Å². The molecule has 0 spiro atoms. The molecule has 0 rings (SSSR count). The van der Waals surface area contributed by atoms with Crippen LogP contribution in [0, 0.1) is 0 Å². The van der Waals surface area contributed by atoms with Gasteiger partial charge in [0.05, 0.1) is 0 Å². The molecule has 0 aromatic carbocycles. The van der Waals surface area contributed by atoms with Crippen molar-refractivity contribution in [2.45, 2.75) is 39.3 Å². The Morgan fingerprint density at radius 1 is 0.211 bits per heavy atom. The Morgan fingerprint density at radius 3 is 0.421 bits per heavy atom. The van der Waals surface area contributed by atoms with E-state index in [0.29, 0.717) is 0 Å². The fourth-order valence-electron chi connectivity index (χ4n) is 1.45. The molecule has 0 aliphatic rings.